The average Bonchev–Trinajstić information content (AvgIpc) is 3.46. The fourth-order valence-corrected chi connectivity index (χ4v) is 6.53. The van der Waals surface area contributed by atoms with Gasteiger partial charge >= 0.3 is 12.1 Å². The van der Waals surface area contributed by atoms with E-state index in [0.29, 0.717) is 30.0 Å². The number of para-hydroxylation sites is 1. The quantitative estimate of drug-likeness (QED) is 0.200. The van der Waals surface area contributed by atoms with E-state index >= 15 is 4.39 Å². The van der Waals surface area contributed by atoms with Crippen LogP contribution in [-0.2, 0) is 24.9 Å². The number of hydrogen-bond donors (Lipinski definition) is 2. The normalized spacial score (nSPS) is 20.4. The number of alkyl halides is 3. The molecule has 2 N–H and O–H groups in total. The number of H-pyrrole nitrogens is 1. The monoisotopic (exact) mass is 662 g/mol. The smallest absolute Gasteiger partial charge is 0.451 e. The van der Waals surface area contributed by atoms with Gasteiger partial charge in [-0.15, -0.1) is 0 Å². The van der Waals surface area contributed by atoms with Crippen molar-refractivity contribution in [3.8, 4) is 29.0 Å². The Morgan fingerprint density at radius 2 is 1.94 bits per heavy atom. The van der Waals surface area contributed by atoms with Crippen LogP contribution in [0.3, 0.4) is 0 Å². The molecule has 4 heterocycles. The van der Waals surface area contributed by atoms with Crippen LogP contribution in [0, 0.1) is 22.6 Å². The van der Waals surface area contributed by atoms with Gasteiger partial charge in [0.05, 0.1) is 28.3 Å². The molecular formula is C34H30F4N6O4. The highest BCUT2D eigenvalue weighted by Gasteiger charge is 2.45. The molecule has 4 aromatic rings. The number of aromatic amines is 1. The molecule has 2 aromatic carbocycles. The van der Waals surface area contributed by atoms with Gasteiger partial charge in [-0.25, -0.2) is 14.2 Å². The molecule has 2 aromatic heterocycles. The largest absolute Gasteiger partial charge is 0.478 e. The number of aromatic carboxylic acids is 1. The van der Waals surface area contributed by atoms with E-state index in [1.54, 1.807) is 19.1 Å². The maximum atomic E-state index is 15.0. The molecule has 2 aliphatic heterocycles. The van der Waals surface area contributed by atoms with Gasteiger partial charge in [-0.2, -0.15) is 23.5 Å². The summed E-state index contributed by atoms with van der Waals surface area (Å²) in [5, 5.41) is 24.7. The second kappa shape index (κ2) is 11.6. The number of likely N-dealkylation sites (tertiary alicyclic amines) is 1. The molecule has 0 amide bonds. The number of hydrogen-bond acceptors (Lipinski definition) is 8. The number of nitrogens with zero attached hydrogens (tertiary/aromatic N) is 5. The van der Waals surface area contributed by atoms with Crippen LogP contribution in [0.25, 0.3) is 11.4 Å². The Morgan fingerprint density at radius 1 is 1.17 bits per heavy atom. The van der Waals surface area contributed by atoms with E-state index in [0.717, 1.165) is 61.7 Å². The lowest BCUT2D eigenvalue weighted by atomic mass is 9.88. The van der Waals surface area contributed by atoms with Crippen molar-refractivity contribution in [2.45, 2.75) is 63.5 Å². The van der Waals surface area contributed by atoms with Gasteiger partial charge in [-0.3, -0.25) is 15.0 Å². The molecule has 0 bridgehead atoms. The number of benzene rings is 2. The van der Waals surface area contributed by atoms with Crippen LogP contribution in [-0.4, -0.2) is 49.2 Å². The first-order valence-corrected chi connectivity index (χ1v) is 15.5. The molecular weight excluding hydrogens is 632 g/mol. The molecule has 14 heteroatoms. The molecule has 248 valence electrons. The van der Waals surface area contributed by atoms with Crippen LogP contribution >= 0.6 is 0 Å². The summed E-state index contributed by atoms with van der Waals surface area (Å²) in [4.78, 5) is 21.8. The molecule has 0 spiro atoms. The Kier molecular flexibility index (Phi) is 7.62. The number of fused-ring (bicyclic) bond motifs is 1. The van der Waals surface area contributed by atoms with Gasteiger partial charge in [-0.1, -0.05) is 12.1 Å². The summed E-state index contributed by atoms with van der Waals surface area (Å²) in [5.74, 6) is -3.61. The van der Waals surface area contributed by atoms with Crippen molar-refractivity contribution in [3.63, 3.8) is 0 Å². The highest BCUT2D eigenvalue weighted by atomic mass is 19.4. The third-order valence-corrected chi connectivity index (χ3v) is 9.41. The predicted octanol–water partition coefficient (Wildman–Crippen LogP) is 6.59. The number of carboxylic acids is 1. The van der Waals surface area contributed by atoms with Crippen LogP contribution < -0.4 is 9.47 Å². The van der Waals surface area contributed by atoms with E-state index in [-0.39, 0.29) is 22.9 Å². The lowest BCUT2D eigenvalue weighted by molar-refractivity contribution is -0.144. The number of carboxylic acid groups (broad SMARTS) is 1. The maximum absolute atomic E-state index is 15.0. The zero-order chi connectivity index (χ0) is 33.8. The summed E-state index contributed by atoms with van der Waals surface area (Å²) >= 11 is 0. The number of halogens is 4. The van der Waals surface area contributed by atoms with Gasteiger partial charge < -0.3 is 14.6 Å². The Hall–Kier alpha value is -5.03. The second-order valence-electron chi connectivity index (χ2n) is 12.8. The third kappa shape index (κ3) is 5.94. The Bertz CT molecular complexity index is 1940. The maximum Gasteiger partial charge on any atom is 0.451 e. The minimum absolute atomic E-state index is 0.0898. The Labute approximate surface area is 272 Å². The van der Waals surface area contributed by atoms with Gasteiger partial charge in [0.15, 0.2) is 17.3 Å². The van der Waals surface area contributed by atoms with Gasteiger partial charge in [0, 0.05) is 30.8 Å². The van der Waals surface area contributed by atoms with Crippen molar-refractivity contribution < 1.29 is 36.9 Å². The number of carbonyl (C=O) groups is 1. The molecule has 1 aliphatic carbocycles. The van der Waals surface area contributed by atoms with E-state index in [1.165, 1.54) is 18.3 Å². The number of nitriles is 1. The fraction of sp³-hybridized carbons (Fsp3) is 0.382. The van der Waals surface area contributed by atoms with Crippen molar-refractivity contribution in [1.82, 2.24) is 25.1 Å². The van der Waals surface area contributed by atoms with E-state index < -0.39 is 35.0 Å². The van der Waals surface area contributed by atoms with E-state index in [1.807, 2.05) is 17.2 Å². The highest BCUT2D eigenvalue weighted by Crippen LogP contribution is 2.50. The Balaban J connectivity index is 1.06. The standard InChI is InChI=1S/C34H30F4N6O4/c1-32(24-6-5-20(30(45)46)14-25(24)35)47-27-4-2-3-23(28(27)48-32)19-7-11-44(12-8-19)17-26-21(15-33(18-39)9-10-33)13-22(16-40-26)29-41-31(43-42-29)34(36,37)38/h2-6,13-14,16,19H,7-12,15,17H2,1H3,(H,45,46)(H,41,42,43)/t32-/m1/s1. The summed E-state index contributed by atoms with van der Waals surface area (Å²) in [7, 11) is 0. The lowest BCUT2D eigenvalue weighted by Crippen LogP contribution is -2.34. The summed E-state index contributed by atoms with van der Waals surface area (Å²) < 4.78 is 66.7. The minimum Gasteiger partial charge on any atom is -0.478 e. The number of pyridine rings is 1. The van der Waals surface area contributed by atoms with Gasteiger partial charge in [-0.05, 0) is 87.0 Å². The third-order valence-electron chi connectivity index (χ3n) is 9.41. The van der Waals surface area contributed by atoms with E-state index in [4.69, 9.17) is 9.47 Å². The number of nitrogens with one attached hydrogen (secondary N) is 1. The lowest BCUT2D eigenvalue weighted by Gasteiger charge is -2.33. The molecule has 2 fully saturated rings. The van der Waals surface area contributed by atoms with Crippen molar-refractivity contribution >= 4 is 5.97 Å². The fourth-order valence-electron chi connectivity index (χ4n) is 6.53. The first-order chi connectivity index (χ1) is 22.9. The molecule has 1 saturated heterocycles. The van der Waals surface area contributed by atoms with Gasteiger partial charge in [0.1, 0.15) is 5.82 Å². The summed E-state index contributed by atoms with van der Waals surface area (Å²) in [6.45, 7) is 3.55. The average molecular weight is 663 g/mol. The second-order valence-corrected chi connectivity index (χ2v) is 12.8. The van der Waals surface area contributed by atoms with Crippen molar-refractivity contribution in [2.75, 3.05) is 13.1 Å². The highest BCUT2D eigenvalue weighted by molar-refractivity contribution is 5.87. The van der Waals surface area contributed by atoms with Crippen molar-refractivity contribution in [2.24, 2.45) is 5.41 Å². The SMILES string of the molecule is C[C@@]1(c2ccc(C(=O)O)cc2F)Oc2cccc(C3CCN(Cc4ncc(-c5n[nH]c(C(F)(F)F)n5)cc4CC4(C#N)CC4)CC3)c2O1. The van der Waals surface area contributed by atoms with Crippen LogP contribution in [0.1, 0.15) is 77.1 Å². The number of aromatic nitrogens is 4. The molecule has 48 heavy (non-hydrogen) atoms. The number of ether oxygens (including phenoxy) is 2. The van der Waals surface area contributed by atoms with Crippen molar-refractivity contribution in [3.05, 3.63) is 88.3 Å². The predicted molar refractivity (Wildman–Crippen MR) is 161 cm³/mol. The molecule has 7 rings (SSSR count). The molecule has 1 atom stereocenters. The molecule has 0 unspecified atom stereocenters. The molecule has 1 saturated carbocycles. The zero-order valence-corrected chi connectivity index (χ0v) is 25.8. The molecule has 3 aliphatic rings. The van der Waals surface area contributed by atoms with E-state index in [9.17, 15) is 28.3 Å². The summed E-state index contributed by atoms with van der Waals surface area (Å²) in [6, 6.07) is 13.4. The molecule has 10 nitrogen and oxygen atoms in total. The zero-order valence-electron chi connectivity index (χ0n) is 25.8. The van der Waals surface area contributed by atoms with Gasteiger partial charge in [0.25, 0.3) is 5.79 Å². The first kappa shape index (κ1) is 31.6. The topological polar surface area (TPSA) is 137 Å². The van der Waals surface area contributed by atoms with Crippen molar-refractivity contribution in [1.29, 1.82) is 5.26 Å². The molecule has 0 radical (unpaired) electrons. The minimum atomic E-state index is -4.65. The van der Waals surface area contributed by atoms with Crippen LogP contribution in [0.15, 0.2) is 48.7 Å². The van der Waals surface area contributed by atoms with E-state index in [2.05, 4.69) is 26.0 Å². The number of piperidine rings is 1. The summed E-state index contributed by atoms with van der Waals surface area (Å²) in [5.41, 5.74) is 2.26. The van der Waals surface area contributed by atoms with Crippen LogP contribution in [0.2, 0.25) is 0 Å². The first-order valence-electron chi connectivity index (χ1n) is 15.5. The van der Waals surface area contributed by atoms with Crippen LogP contribution in [0.5, 0.6) is 11.5 Å². The van der Waals surface area contributed by atoms with Crippen LogP contribution in [0.4, 0.5) is 17.6 Å². The number of rotatable bonds is 8. The van der Waals surface area contributed by atoms with Gasteiger partial charge in [0.2, 0.25) is 5.82 Å². The Morgan fingerprint density at radius 3 is 2.58 bits per heavy atom. The summed E-state index contributed by atoms with van der Waals surface area (Å²) in [6.07, 6.45) is 0.335.